The number of amides is 1. The van der Waals surface area contributed by atoms with Gasteiger partial charge in [-0.25, -0.2) is 4.98 Å². The third kappa shape index (κ3) is 3.86. The summed E-state index contributed by atoms with van der Waals surface area (Å²) in [5.74, 6) is 1.02. The molecule has 0 saturated heterocycles. The number of hydrogen-bond donors (Lipinski definition) is 1. The van der Waals surface area contributed by atoms with Crippen molar-refractivity contribution in [2.45, 2.75) is 13.3 Å². The van der Waals surface area contributed by atoms with E-state index < -0.39 is 0 Å². The molecule has 0 unspecified atom stereocenters. The van der Waals surface area contributed by atoms with Crippen LogP contribution >= 0.6 is 0 Å². The lowest BCUT2D eigenvalue weighted by atomic mass is 10.1. The number of rotatable bonds is 6. The van der Waals surface area contributed by atoms with E-state index in [1.54, 1.807) is 36.5 Å². The lowest BCUT2D eigenvalue weighted by Crippen LogP contribution is -2.11. The normalized spacial score (nSPS) is 10.8. The average molecular weight is 373 g/mol. The van der Waals surface area contributed by atoms with E-state index >= 15 is 0 Å². The van der Waals surface area contributed by atoms with Crippen molar-refractivity contribution in [2.24, 2.45) is 0 Å². The molecule has 0 spiro atoms. The van der Waals surface area contributed by atoms with Crippen molar-refractivity contribution >= 4 is 22.8 Å². The molecular formula is C22H19N3O3. The van der Waals surface area contributed by atoms with Gasteiger partial charge in [0.1, 0.15) is 5.75 Å². The van der Waals surface area contributed by atoms with Gasteiger partial charge in [0.25, 0.3) is 5.91 Å². The SMILES string of the molecule is CCCOc1ccc(C(=O)Nc2cccc(-c3nc4ncccc4o3)c2)cc1. The molecule has 1 amide bonds. The molecule has 0 fully saturated rings. The molecule has 28 heavy (non-hydrogen) atoms. The number of carbonyl (C=O) groups excluding carboxylic acids is 1. The number of hydrogen-bond acceptors (Lipinski definition) is 5. The smallest absolute Gasteiger partial charge is 0.255 e. The number of fused-ring (bicyclic) bond motifs is 1. The van der Waals surface area contributed by atoms with E-state index in [0.717, 1.165) is 17.7 Å². The summed E-state index contributed by atoms with van der Waals surface area (Å²) in [6.45, 7) is 2.71. The fraction of sp³-hybridized carbons (Fsp3) is 0.136. The van der Waals surface area contributed by atoms with Gasteiger partial charge in [0.05, 0.1) is 6.61 Å². The van der Waals surface area contributed by atoms with Gasteiger partial charge >= 0.3 is 0 Å². The van der Waals surface area contributed by atoms with Crippen molar-refractivity contribution < 1.29 is 13.9 Å². The number of carbonyl (C=O) groups is 1. The van der Waals surface area contributed by atoms with Crippen LogP contribution in [0.4, 0.5) is 5.69 Å². The molecule has 0 aliphatic rings. The largest absolute Gasteiger partial charge is 0.494 e. The Kier molecular flexibility index (Phi) is 5.01. The molecular weight excluding hydrogens is 354 g/mol. The highest BCUT2D eigenvalue weighted by atomic mass is 16.5. The van der Waals surface area contributed by atoms with Gasteiger partial charge in [-0.3, -0.25) is 4.79 Å². The Morgan fingerprint density at radius 2 is 1.96 bits per heavy atom. The van der Waals surface area contributed by atoms with E-state index in [1.807, 2.05) is 37.3 Å². The third-order valence-electron chi connectivity index (χ3n) is 4.12. The first-order valence-corrected chi connectivity index (χ1v) is 9.09. The molecule has 1 N–H and O–H groups in total. The van der Waals surface area contributed by atoms with Crippen LogP contribution in [0, 0.1) is 0 Å². The van der Waals surface area contributed by atoms with Gasteiger partial charge < -0.3 is 14.5 Å². The molecule has 4 aromatic rings. The van der Waals surface area contributed by atoms with Crippen molar-refractivity contribution in [2.75, 3.05) is 11.9 Å². The summed E-state index contributed by atoms with van der Waals surface area (Å²) >= 11 is 0. The number of oxazole rings is 1. The van der Waals surface area contributed by atoms with Crippen molar-refractivity contribution in [3.63, 3.8) is 0 Å². The van der Waals surface area contributed by atoms with Crippen molar-refractivity contribution in [1.29, 1.82) is 0 Å². The summed E-state index contributed by atoms with van der Waals surface area (Å²) in [7, 11) is 0. The summed E-state index contributed by atoms with van der Waals surface area (Å²) in [5.41, 5.74) is 3.15. The summed E-state index contributed by atoms with van der Waals surface area (Å²) in [4.78, 5) is 21.1. The Hall–Kier alpha value is -3.67. The second-order valence-corrected chi connectivity index (χ2v) is 6.25. The molecule has 0 radical (unpaired) electrons. The Morgan fingerprint density at radius 1 is 1.11 bits per heavy atom. The number of nitrogens with one attached hydrogen (secondary N) is 1. The van der Waals surface area contributed by atoms with Crippen LogP contribution in [0.1, 0.15) is 23.7 Å². The van der Waals surface area contributed by atoms with Gasteiger partial charge in [-0.2, -0.15) is 4.98 Å². The molecule has 2 heterocycles. The summed E-state index contributed by atoms with van der Waals surface area (Å²) in [6, 6.07) is 18.1. The highest BCUT2D eigenvalue weighted by Crippen LogP contribution is 2.25. The fourth-order valence-corrected chi connectivity index (χ4v) is 2.75. The first-order chi connectivity index (χ1) is 13.7. The predicted octanol–water partition coefficient (Wildman–Crippen LogP) is 4.93. The molecule has 2 aromatic carbocycles. The summed E-state index contributed by atoms with van der Waals surface area (Å²) < 4.78 is 11.3. The van der Waals surface area contributed by atoms with E-state index in [0.29, 0.717) is 35.0 Å². The summed E-state index contributed by atoms with van der Waals surface area (Å²) in [5, 5.41) is 2.90. The third-order valence-corrected chi connectivity index (χ3v) is 4.12. The molecule has 2 aromatic heterocycles. The predicted molar refractivity (Wildman–Crippen MR) is 107 cm³/mol. The topological polar surface area (TPSA) is 77.2 Å². The van der Waals surface area contributed by atoms with Crippen LogP contribution in [0.25, 0.3) is 22.7 Å². The zero-order valence-corrected chi connectivity index (χ0v) is 15.4. The minimum atomic E-state index is -0.196. The van der Waals surface area contributed by atoms with E-state index in [4.69, 9.17) is 9.15 Å². The maximum Gasteiger partial charge on any atom is 0.255 e. The first-order valence-electron chi connectivity index (χ1n) is 9.09. The molecule has 4 rings (SSSR count). The Labute approximate surface area is 162 Å². The van der Waals surface area contributed by atoms with Crippen LogP contribution < -0.4 is 10.1 Å². The Morgan fingerprint density at radius 3 is 2.75 bits per heavy atom. The van der Waals surface area contributed by atoms with Crippen molar-refractivity contribution in [1.82, 2.24) is 9.97 Å². The molecule has 6 nitrogen and oxygen atoms in total. The van der Waals surface area contributed by atoms with Crippen LogP contribution in [0.3, 0.4) is 0 Å². The quantitative estimate of drug-likeness (QED) is 0.518. The molecule has 140 valence electrons. The van der Waals surface area contributed by atoms with E-state index in [-0.39, 0.29) is 5.91 Å². The van der Waals surface area contributed by atoms with E-state index in [2.05, 4.69) is 15.3 Å². The Balaban J connectivity index is 1.50. The zero-order chi connectivity index (χ0) is 19.3. The molecule has 6 heteroatoms. The fourth-order valence-electron chi connectivity index (χ4n) is 2.75. The second kappa shape index (κ2) is 7.92. The number of nitrogens with zero attached hydrogens (tertiary/aromatic N) is 2. The van der Waals surface area contributed by atoms with Gasteiger partial charge in [-0.1, -0.05) is 13.0 Å². The van der Waals surface area contributed by atoms with Crippen LogP contribution in [0.15, 0.2) is 71.3 Å². The van der Waals surface area contributed by atoms with Crippen molar-refractivity contribution in [3.05, 3.63) is 72.4 Å². The summed E-state index contributed by atoms with van der Waals surface area (Å²) in [6.07, 6.45) is 2.61. The highest BCUT2D eigenvalue weighted by molar-refractivity contribution is 6.04. The number of ether oxygens (including phenoxy) is 1. The maximum atomic E-state index is 12.5. The monoisotopic (exact) mass is 373 g/mol. The number of aromatic nitrogens is 2. The minimum Gasteiger partial charge on any atom is -0.494 e. The number of benzene rings is 2. The maximum absolute atomic E-state index is 12.5. The van der Waals surface area contributed by atoms with Crippen LogP contribution in [0.5, 0.6) is 5.75 Å². The molecule has 0 aliphatic carbocycles. The standard InChI is InChI=1S/C22H19N3O3/c1-2-13-27-18-10-8-15(9-11-18)21(26)24-17-6-3-5-16(14-17)22-25-20-19(28-22)7-4-12-23-20/h3-12,14H,2,13H2,1H3,(H,24,26). The molecule has 0 atom stereocenters. The first kappa shape index (κ1) is 17.7. The van der Waals surface area contributed by atoms with Crippen molar-refractivity contribution in [3.8, 4) is 17.2 Å². The van der Waals surface area contributed by atoms with Gasteiger partial charge in [0.15, 0.2) is 11.2 Å². The lowest BCUT2D eigenvalue weighted by Gasteiger charge is -2.08. The molecule has 0 saturated carbocycles. The highest BCUT2D eigenvalue weighted by Gasteiger charge is 2.11. The van der Waals surface area contributed by atoms with Gasteiger partial charge in [-0.15, -0.1) is 0 Å². The second-order valence-electron chi connectivity index (χ2n) is 6.25. The van der Waals surface area contributed by atoms with Crippen LogP contribution in [-0.2, 0) is 0 Å². The molecule has 0 aliphatic heterocycles. The van der Waals surface area contributed by atoms with Crippen LogP contribution in [-0.4, -0.2) is 22.5 Å². The Bertz CT molecular complexity index is 1070. The van der Waals surface area contributed by atoms with Gasteiger partial charge in [-0.05, 0) is 61.0 Å². The van der Waals surface area contributed by atoms with Gasteiger partial charge in [0.2, 0.25) is 5.89 Å². The van der Waals surface area contributed by atoms with Crippen LogP contribution in [0.2, 0.25) is 0 Å². The van der Waals surface area contributed by atoms with Gasteiger partial charge in [0, 0.05) is 23.0 Å². The van der Waals surface area contributed by atoms with E-state index in [1.165, 1.54) is 0 Å². The number of pyridine rings is 1. The average Bonchev–Trinajstić information content (AvgIpc) is 3.17. The number of anilines is 1. The molecule has 0 bridgehead atoms. The minimum absolute atomic E-state index is 0.196. The zero-order valence-electron chi connectivity index (χ0n) is 15.4. The lowest BCUT2D eigenvalue weighted by molar-refractivity contribution is 0.102. The van der Waals surface area contributed by atoms with E-state index in [9.17, 15) is 4.79 Å².